The third-order valence-electron chi connectivity index (χ3n) is 2.46. The fourth-order valence-electron chi connectivity index (χ4n) is 1.49. The Bertz CT molecular complexity index is 677. The number of amides is 1. The molecule has 0 atom stereocenters. The number of hydrogen-bond acceptors (Lipinski definition) is 6. The topological polar surface area (TPSA) is 147 Å². The second-order valence-electron chi connectivity index (χ2n) is 3.80. The van der Waals surface area contributed by atoms with Gasteiger partial charge in [-0.05, 0) is 0 Å². The van der Waals surface area contributed by atoms with E-state index in [9.17, 15) is 19.7 Å². The summed E-state index contributed by atoms with van der Waals surface area (Å²) >= 11 is 0. The standard InChI is InChI=1S/C10H10N6O4/c17-9(11-2-1-8-13-5-14-15-8)7-3-6(16(19)20)4-12-10(7)18/h3-5H,1-2H2,(H,11,17)(H,12,18)(H,13,14,15). The van der Waals surface area contributed by atoms with Crippen molar-refractivity contribution in [1.29, 1.82) is 0 Å². The molecule has 3 N–H and O–H groups in total. The van der Waals surface area contributed by atoms with E-state index in [1.165, 1.54) is 6.33 Å². The Morgan fingerprint density at radius 2 is 2.30 bits per heavy atom. The maximum atomic E-state index is 11.8. The van der Waals surface area contributed by atoms with Crippen LogP contribution in [0.5, 0.6) is 0 Å². The fraction of sp³-hybridized carbons (Fsp3) is 0.200. The summed E-state index contributed by atoms with van der Waals surface area (Å²) in [4.78, 5) is 39.1. The fourth-order valence-corrected chi connectivity index (χ4v) is 1.49. The molecule has 104 valence electrons. The molecule has 2 aromatic heterocycles. The Morgan fingerprint density at radius 3 is 2.95 bits per heavy atom. The van der Waals surface area contributed by atoms with Crippen LogP contribution in [0, 0.1) is 10.1 Å². The minimum Gasteiger partial charge on any atom is -0.351 e. The summed E-state index contributed by atoms with van der Waals surface area (Å²) in [5.41, 5.74) is -1.35. The summed E-state index contributed by atoms with van der Waals surface area (Å²) in [6.07, 6.45) is 2.68. The van der Waals surface area contributed by atoms with E-state index in [-0.39, 0.29) is 17.8 Å². The van der Waals surface area contributed by atoms with E-state index in [2.05, 4.69) is 25.5 Å². The van der Waals surface area contributed by atoms with Crippen LogP contribution >= 0.6 is 0 Å². The van der Waals surface area contributed by atoms with Crippen LogP contribution in [0.4, 0.5) is 5.69 Å². The van der Waals surface area contributed by atoms with Crippen molar-refractivity contribution < 1.29 is 9.72 Å². The van der Waals surface area contributed by atoms with Crippen molar-refractivity contribution in [3.05, 3.63) is 50.4 Å². The van der Waals surface area contributed by atoms with Crippen molar-refractivity contribution in [3.8, 4) is 0 Å². The van der Waals surface area contributed by atoms with Gasteiger partial charge in [0.15, 0.2) is 0 Å². The number of carbonyl (C=O) groups is 1. The Kier molecular flexibility index (Phi) is 3.84. The van der Waals surface area contributed by atoms with Gasteiger partial charge in [0.05, 0.1) is 11.1 Å². The molecular formula is C10H10N6O4. The van der Waals surface area contributed by atoms with Crippen LogP contribution in [-0.2, 0) is 6.42 Å². The van der Waals surface area contributed by atoms with E-state index in [4.69, 9.17) is 0 Å². The molecular weight excluding hydrogens is 268 g/mol. The number of rotatable bonds is 5. The molecule has 0 saturated heterocycles. The summed E-state index contributed by atoms with van der Waals surface area (Å²) in [5, 5.41) is 19.3. The van der Waals surface area contributed by atoms with Gasteiger partial charge >= 0.3 is 0 Å². The molecule has 0 unspecified atom stereocenters. The van der Waals surface area contributed by atoms with Crippen molar-refractivity contribution in [2.24, 2.45) is 0 Å². The number of nitrogens with one attached hydrogen (secondary N) is 3. The highest BCUT2D eigenvalue weighted by molar-refractivity contribution is 5.94. The van der Waals surface area contributed by atoms with E-state index in [1.807, 2.05) is 0 Å². The molecule has 0 bridgehead atoms. The molecule has 0 aromatic carbocycles. The molecule has 0 aliphatic heterocycles. The molecule has 2 aromatic rings. The highest BCUT2D eigenvalue weighted by atomic mass is 16.6. The van der Waals surface area contributed by atoms with Crippen LogP contribution < -0.4 is 10.9 Å². The Hall–Kier alpha value is -3.04. The van der Waals surface area contributed by atoms with E-state index in [0.717, 1.165) is 12.3 Å². The second kappa shape index (κ2) is 5.73. The molecule has 0 spiro atoms. The molecule has 0 fully saturated rings. The summed E-state index contributed by atoms with van der Waals surface area (Å²) in [6, 6.07) is 0.933. The predicted molar refractivity (Wildman–Crippen MR) is 66.1 cm³/mol. The molecule has 0 radical (unpaired) electrons. The predicted octanol–water partition coefficient (Wildman–Crippen LogP) is -0.626. The molecule has 2 rings (SSSR count). The molecule has 1 amide bonds. The van der Waals surface area contributed by atoms with Gasteiger partial charge in [0.25, 0.3) is 17.2 Å². The number of nitrogens with zero attached hydrogens (tertiary/aromatic N) is 3. The highest BCUT2D eigenvalue weighted by Crippen LogP contribution is 2.07. The first kappa shape index (κ1) is 13.4. The van der Waals surface area contributed by atoms with Gasteiger partial charge in [-0.1, -0.05) is 0 Å². The van der Waals surface area contributed by atoms with Gasteiger partial charge in [-0.2, -0.15) is 5.10 Å². The van der Waals surface area contributed by atoms with Gasteiger partial charge in [0, 0.05) is 19.0 Å². The van der Waals surface area contributed by atoms with Gasteiger partial charge in [-0.15, -0.1) is 0 Å². The van der Waals surface area contributed by atoms with E-state index in [0.29, 0.717) is 12.2 Å². The third kappa shape index (κ3) is 3.04. The van der Waals surface area contributed by atoms with Gasteiger partial charge < -0.3 is 10.3 Å². The van der Waals surface area contributed by atoms with Gasteiger partial charge in [0.2, 0.25) is 0 Å². The van der Waals surface area contributed by atoms with Crippen LogP contribution in [0.15, 0.2) is 23.4 Å². The largest absolute Gasteiger partial charge is 0.351 e. The maximum Gasteiger partial charge on any atom is 0.286 e. The van der Waals surface area contributed by atoms with E-state index >= 15 is 0 Å². The Balaban J connectivity index is 2.03. The number of aromatic nitrogens is 4. The van der Waals surface area contributed by atoms with Crippen molar-refractivity contribution in [2.75, 3.05) is 6.54 Å². The van der Waals surface area contributed by atoms with Crippen molar-refractivity contribution >= 4 is 11.6 Å². The number of carbonyl (C=O) groups excluding carboxylic acids is 1. The normalized spacial score (nSPS) is 10.2. The number of aromatic amines is 2. The Morgan fingerprint density at radius 1 is 1.50 bits per heavy atom. The number of H-pyrrole nitrogens is 2. The zero-order valence-corrected chi connectivity index (χ0v) is 10.1. The molecule has 0 aliphatic rings. The number of pyridine rings is 1. The van der Waals surface area contributed by atoms with Crippen LogP contribution in [-0.4, -0.2) is 37.5 Å². The molecule has 20 heavy (non-hydrogen) atoms. The molecule has 0 aliphatic carbocycles. The number of hydrogen-bond donors (Lipinski definition) is 3. The maximum absolute atomic E-state index is 11.8. The lowest BCUT2D eigenvalue weighted by Gasteiger charge is -2.03. The second-order valence-corrected chi connectivity index (χ2v) is 3.80. The minimum absolute atomic E-state index is 0.218. The smallest absolute Gasteiger partial charge is 0.286 e. The van der Waals surface area contributed by atoms with Crippen LogP contribution in [0.2, 0.25) is 0 Å². The van der Waals surface area contributed by atoms with Crippen molar-refractivity contribution in [2.45, 2.75) is 6.42 Å². The molecule has 0 saturated carbocycles. The van der Waals surface area contributed by atoms with Crippen LogP contribution in [0.1, 0.15) is 16.2 Å². The first-order valence-corrected chi connectivity index (χ1v) is 5.57. The van der Waals surface area contributed by atoms with E-state index < -0.39 is 16.4 Å². The summed E-state index contributed by atoms with van der Waals surface area (Å²) in [7, 11) is 0. The average Bonchev–Trinajstić information content (AvgIpc) is 2.92. The van der Waals surface area contributed by atoms with E-state index in [1.54, 1.807) is 0 Å². The molecule has 2 heterocycles. The zero-order valence-electron chi connectivity index (χ0n) is 10.1. The first-order valence-electron chi connectivity index (χ1n) is 5.57. The summed E-state index contributed by atoms with van der Waals surface area (Å²) < 4.78 is 0. The third-order valence-corrected chi connectivity index (χ3v) is 2.46. The first-order chi connectivity index (χ1) is 9.58. The summed E-state index contributed by atoms with van der Waals surface area (Å²) in [6.45, 7) is 0.218. The number of nitro groups is 1. The zero-order chi connectivity index (χ0) is 14.5. The lowest BCUT2D eigenvalue weighted by Crippen LogP contribution is -2.31. The monoisotopic (exact) mass is 278 g/mol. The molecule has 10 nitrogen and oxygen atoms in total. The van der Waals surface area contributed by atoms with Crippen LogP contribution in [0.25, 0.3) is 0 Å². The van der Waals surface area contributed by atoms with Crippen molar-refractivity contribution in [3.63, 3.8) is 0 Å². The highest BCUT2D eigenvalue weighted by Gasteiger charge is 2.15. The van der Waals surface area contributed by atoms with Gasteiger partial charge in [-0.3, -0.25) is 24.8 Å². The van der Waals surface area contributed by atoms with Crippen molar-refractivity contribution in [1.82, 2.24) is 25.5 Å². The van der Waals surface area contributed by atoms with Crippen LogP contribution in [0.3, 0.4) is 0 Å². The lowest BCUT2D eigenvalue weighted by molar-refractivity contribution is -0.385. The molecule has 10 heteroatoms. The SMILES string of the molecule is O=C(NCCc1ncn[nH]1)c1cc([N+](=O)[O-])c[nH]c1=O. The van der Waals surface area contributed by atoms with Gasteiger partial charge in [-0.25, -0.2) is 4.98 Å². The quantitative estimate of drug-likeness (QED) is 0.490. The lowest BCUT2D eigenvalue weighted by atomic mass is 10.2. The summed E-state index contributed by atoms with van der Waals surface area (Å²) in [5.74, 6) is -0.104. The average molecular weight is 278 g/mol. The van der Waals surface area contributed by atoms with Gasteiger partial charge in [0.1, 0.15) is 17.7 Å². The Labute approximate surface area is 111 Å². The minimum atomic E-state index is -0.693.